The third-order valence-corrected chi connectivity index (χ3v) is 2.50. The van der Waals surface area contributed by atoms with Crippen molar-refractivity contribution in [2.24, 2.45) is 5.41 Å². The third kappa shape index (κ3) is 5.14. The summed E-state index contributed by atoms with van der Waals surface area (Å²) in [6.07, 6.45) is 0.723. The van der Waals surface area contributed by atoms with Gasteiger partial charge in [0.15, 0.2) is 0 Å². The van der Waals surface area contributed by atoms with Crippen molar-refractivity contribution < 1.29 is 14.3 Å². The Bertz CT molecular complexity index is 185. The zero-order valence-corrected chi connectivity index (χ0v) is 10.3. The maximum Gasteiger partial charge on any atom is 0.314 e. The summed E-state index contributed by atoms with van der Waals surface area (Å²) >= 11 is 0. The minimum absolute atomic E-state index is 0.176. The molecule has 1 unspecified atom stereocenters. The minimum Gasteiger partial charge on any atom is -0.464 e. The average Bonchev–Trinajstić information content (AvgIpc) is 2.24. The van der Waals surface area contributed by atoms with Crippen LogP contribution in [0.15, 0.2) is 0 Å². The van der Waals surface area contributed by atoms with Crippen LogP contribution in [0, 0.1) is 5.41 Å². The van der Waals surface area contributed by atoms with Crippen LogP contribution in [0.1, 0.15) is 27.2 Å². The van der Waals surface area contributed by atoms with Crippen LogP contribution in [0.3, 0.4) is 0 Å². The van der Waals surface area contributed by atoms with Gasteiger partial charge in [0.1, 0.15) is 6.61 Å². The SMILES string of the molecule is CCNCCOC(=O)C(C)(CC)COC. The van der Waals surface area contributed by atoms with E-state index in [1.54, 1.807) is 7.11 Å². The number of hydrogen-bond donors (Lipinski definition) is 1. The van der Waals surface area contributed by atoms with Crippen LogP contribution < -0.4 is 5.32 Å². The van der Waals surface area contributed by atoms with Crippen molar-refractivity contribution in [1.29, 1.82) is 0 Å². The van der Waals surface area contributed by atoms with Crippen LogP contribution in [0.4, 0.5) is 0 Å². The molecular weight excluding hydrogens is 194 g/mol. The summed E-state index contributed by atoms with van der Waals surface area (Å²) in [5.41, 5.74) is -0.513. The lowest BCUT2D eigenvalue weighted by Crippen LogP contribution is -2.35. The molecule has 0 aliphatic carbocycles. The summed E-state index contributed by atoms with van der Waals surface area (Å²) in [4.78, 5) is 11.7. The van der Waals surface area contributed by atoms with Crippen molar-refractivity contribution in [2.45, 2.75) is 27.2 Å². The second kappa shape index (κ2) is 7.65. The molecule has 1 N–H and O–H groups in total. The lowest BCUT2D eigenvalue weighted by molar-refractivity contribution is -0.158. The maximum atomic E-state index is 11.7. The van der Waals surface area contributed by atoms with Crippen LogP contribution in [-0.2, 0) is 14.3 Å². The van der Waals surface area contributed by atoms with Gasteiger partial charge in [-0.05, 0) is 19.9 Å². The molecular formula is C11H23NO3. The first-order chi connectivity index (χ1) is 7.10. The Balaban J connectivity index is 3.93. The Labute approximate surface area is 92.3 Å². The first kappa shape index (κ1) is 14.4. The summed E-state index contributed by atoms with van der Waals surface area (Å²) in [5.74, 6) is -0.176. The number of rotatable bonds is 8. The highest BCUT2D eigenvalue weighted by Gasteiger charge is 2.32. The predicted octanol–water partition coefficient (Wildman–Crippen LogP) is 1.20. The lowest BCUT2D eigenvalue weighted by atomic mass is 9.89. The Morgan fingerprint density at radius 1 is 1.40 bits per heavy atom. The molecule has 0 aromatic rings. The van der Waals surface area contributed by atoms with Gasteiger partial charge in [-0.25, -0.2) is 0 Å². The van der Waals surface area contributed by atoms with E-state index in [9.17, 15) is 4.79 Å². The number of carbonyl (C=O) groups is 1. The Morgan fingerprint density at radius 3 is 2.53 bits per heavy atom. The normalized spacial score (nSPS) is 14.7. The molecule has 0 rings (SSSR count). The second-order valence-corrected chi connectivity index (χ2v) is 3.84. The molecule has 0 spiro atoms. The minimum atomic E-state index is -0.513. The molecule has 4 nitrogen and oxygen atoms in total. The van der Waals surface area contributed by atoms with Crippen molar-refractivity contribution in [3.8, 4) is 0 Å². The van der Waals surface area contributed by atoms with Gasteiger partial charge in [0, 0.05) is 13.7 Å². The Kier molecular flexibility index (Phi) is 7.34. The van der Waals surface area contributed by atoms with Crippen molar-refractivity contribution in [3.05, 3.63) is 0 Å². The van der Waals surface area contributed by atoms with Gasteiger partial charge in [0.25, 0.3) is 0 Å². The lowest BCUT2D eigenvalue weighted by Gasteiger charge is -2.24. The van der Waals surface area contributed by atoms with Gasteiger partial charge in [-0.2, -0.15) is 0 Å². The molecule has 0 fully saturated rings. The Hall–Kier alpha value is -0.610. The fraction of sp³-hybridized carbons (Fsp3) is 0.909. The molecule has 0 saturated heterocycles. The number of ether oxygens (including phenoxy) is 2. The van der Waals surface area contributed by atoms with E-state index >= 15 is 0 Å². The van der Waals surface area contributed by atoms with Crippen LogP contribution in [-0.4, -0.2) is 39.4 Å². The van der Waals surface area contributed by atoms with E-state index < -0.39 is 5.41 Å². The largest absolute Gasteiger partial charge is 0.464 e. The number of nitrogens with one attached hydrogen (secondary N) is 1. The van der Waals surface area contributed by atoms with Crippen LogP contribution in [0.5, 0.6) is 0 Å². The average molecular weight is 217 g/mol. The molecule has 0 aromatic carbocycles. The first-order valence-electron chi connectivity index (χ1n) is 5.47. The van der Waals surface area contributed by atoms with Gasteiger partial charge in [-0.1, -0.05) is 13.8 Å². The monoisotopic (exact) mass is 217 g/mol. The third-order valence-electron chi connectivity index (χ3n) is 2.50. The summed E-state index contributed by atoms with van der Waals surface area (Å²) in [5, 5.41) is 3.10. The van der Waals surface area contributed by atoms with E-state index in [0.717, 1.165) is 13.0 Å². The fourth-order valence-electron chi connectivity index (χ4n) is 1.19. The molecule has 1 atom stereocenters. The van der Waals surface area contributed by atoms with Crippen LogP contribution in [0.25, 0.3) is 0 Å². The van der Waals surface area contributed by atoms with E-state index in [1.807, 2.05) is 20.8 Å². The van der Waals surface area contributed by atoms with Gasteiger partial charge < -0.3 is 14.8 Å². The molecule has 90 valence electrons. The smallest absolute Gasteiger partial charge is 0.314 e. The molecule has 4 heteroatoms. The number of carbonyl (C=O) groups excluding carboxylic acids is 1. The van der Waals surface area contributed by atoms with Crippen molar-refractivity contribution >= 4 is 5.97 Å². The Morgan fingerprint density at radius 2 is 2.07 bits per heavy atom. The molecule has 0 heterocycles. The number of likely N-dealkylation sites (N-methyl/N-ethyl adjacent to an activating group) is 1. The summed E-state index contributed by atoms with van der Waals surface area (Å²) < 4.78 is 10.2. The maximum absolute atomic E-state index is 11.7. The van der Waals surface area contributed by atoms with Gasteiger partial charge in [-0.15, -0.1) is 0 Å². The highest BCUT2D eigenvalue weighted by atomic mass is 16.5. The van der Waals surface area contributed by atoms with E-state index in [4.69, 9.17) is 9.47 Å². The number of esters is 1. The van der Waals surface area contributed by atoms with Crippen molar-refractivity contribution in [3.63, 3.8) is 0 Å². The fourth-order valence-corrected chi connectivity index (χ4v) is 1.19. The van der Waals surface area contributed by atoms with Crippen LogP contribution >= 0.6 is 0 Å². The van der Waals surface area contributed by atoms with Gasteiger partial charge in [0.05, 0.1) is 12.0 Å². The van der Waals surface area contributed by atoms with Gasteiger partial charge in [0.2, 0.25) is 0 Å². The topological polar surface area (TPSA) is 47.6 Å². The molecule has 0 bridgehead atoms. The number of methoxy groups -OCH3 is 1. The van der Waals surface area contributed by atoms with Crippen molar-refractivity contribution in [1.82, 2.24) is 5.32 Å². The molecule has 0 aliphatic rings. The van der Waals surface area contributed by atoms with E-state index in [-0.39, 0.29) is 5.97 Å². The van der Waals surface area contributed by atoms with Crippen LogP contribution in [0.2, 0.25) is 0 Å². The quantitative estimate of drug-likeness (QED) is 0.490. The summed E-state index contributed by atoms with van der Waals surface area (Å²) in [7, 11) is 1.60. The first-order valence-corrected chi connectivity index (χ1v) is 5.47. The molecule has 0 aromatic heterocycles. The van der Waals surface area contributed by atoms with E-state index in [2.05, 4.69) is 5.32 Å². The molecule has 0 saturated carbocycles. The summed E-state index contributed by atoms with van der Waals surface area (Å²) in [6.45, 7) is 8.27. The van der Waals surface area contributed by atoms with Crippen molar-refractivity contribution in [2.75, 3.05) is 33.4 Å². The highest BCUT2D eigenvalue weighted by Crippen LogP contribution is 2.22. The predicted molar refractivity (Wildman–Crippen MR) is 59.8 cm³/mol. The highest BCUT2D eigenvalue weighted by molar-refractivity contribution is 5.76. The molecule has 0 amide bonds. The zero-order chi connectivity index (χ0) is 11.7. The number of hydrogen-bond acceptors (Lipinski definition) is 4. The standard InChI is InChI=1S/C11H23NO3/c1-5-11(3,9-14-4)10(13)15-8-7-12-6-2/h12H,5-9H2,1-4H3. The molecule has 0 aliphatic heterocycles. The second-order valence-electron chi connectivity index (χ2n) is 3.84. The zero-order valence-electron chi connectivity index (χ0n) is 10.3. The molecule has 0 radical (unpaired) electrons. The molecule has 15 heavy (non-hydrogen) atoms. The summed E-state index contributed by atoms with van der Waals surface area (Å²) in [6, 6.07) is 0. The van der Waals surface area contributed by atoms with E-state index in [0.29, 0.717) is 19.8 Å². The van der Waals surface area contributed by atoms with Gasteiger partial charge >= 0.3 is 5.97 Å². The van der Waals surface area contributed by atoms with E-state index in [1.165, 1.54) is 0 Å². The van der Waals surface area contributed by atoms with Gasteiger partial charge in [-0.3, -0.25) is 4.79 Å².